The third-order valence-corrected chi connectivity index (χ3v) is 4.17. The Morgan fingerprint density at radius 1 is 1.16 bits per heavy atom. The number of anilines is 1. The van der Waals surface area contributed by atoms with Gasteiger partial charge in [-0.1, -0.05) is 5.16 Å². The Morgan fingerprint density at radius 2 is 1.84 bits per heavy atom. The first-order chi connectivity index (χ1) is 12.0. The number of rotatable bonds is 5. The van der Waals surface area contributed by atoms with Crippen molar-refractivity contribution >= 4 is 23.4 Å². The summed E-state index contributed by atoms with van der Waals surface area (Å²) >= 11 is 1.49. The highest BCUT2D eigenvalue weighted by Crippen LogP contribution is 2.23. The normalized spacial score (nSPS) is 10.7. The molecule has 0 saturated carbocycles. The average molecular weight is 361 g/mol. The fourth-order valence-corrected chi connectivity index (χ4v) is 2.81. The average Bonchev–Trinajstić information content (AvgIpc) is 2.98. The molecule has 0 aliphatic carbocycles. The minimum absolute atomic E-state index is 0.0627. The number of carbonyl (C=O) groups excluding carboxylic acids is 1. The van der Waals surface area contributed by atoms with Gasteiger partial charge in [-0.2, -0.15) is 4.98 Å². The Balaban J connectivity index is 1.62. The summed E-state index contributed by atoms with van der Waals surface area (Å²) < 4.78 is 31.3. The van der Waals surface area contributed by atoms with Crippen LogP contribution in [0.25, 0.3) is 0 Å². The van der Waals surface area contributed by atoms with E-state index in [4.69, 9.17) is 4.52 Å². The lowest BCUT2D eigenvalue weighted by Crippen LogP contribution is -2.12. The van der Waals surface area contributed by atoms with Gasteiger partial charge in [0, 0.05) is 22.2 Å². The number of hydrogen-bond donors (Lipinski definition) is 1. The van der Waals surface area contributed by atoms with Crippen LogP contribution in [0, 0.1) is 18.6 Å². The first kappa shape index (κ1) is 17.1. The molecule has 128 valence electrons. The van der Waals surface area contributed by atoms with Crippen LogP contribution in [0.5, 0.6) is 0 Å². The van der Waals surface area contributed by atoms with Crippen LogP contribution in [0.1, 0.15) is 22.1 Å². The lowest BCUT2D eigenvalue weighted by molar-refractivity contribution is 0.102. The van der Waals surface area contributed by atoms with E-state index in [2.05, 4.69) is 15.5 Å². The Labute approximate surface area is 146 Å². The second kappa shape index (κ2) is 7.43. The van der Waals surface area contributed by atoms with Crippen molar-refractivity contribution in [3.8, 4) is 0 Å². The van der Waals surface area contributed by atoms with E-state index in [1.54, 1.807) is 31.2 Å². The van der Waals surface area contributed by atoms with Gasteiger partial charge < -0.3 is 9.84 Å². The van der Waals surface area contributed by atoms with Gasteiger partial charge in [0.15, 0.2) is 5.82 Å². The number of hydrogen-bond acceptors (Lipinski definition) is 5. The number of thioether (sulfide) groups is 1. The zero-order valence-corrected chi connectivity index (χ0v) is 13.9. The molecule has 5 nitrogen and oxygen atoms in total. The molecule has 0 aliphatic rings. The maximum atomic E-state index is 13.1. The molecule has 2 aromatic carbocycles. The molecule has 25 heavy (non-hydrogen) atoms. The summed E-state index contributed by atoms with van der Waals surface area (Å²) in [6, 6.07) is 9.66. The van der Waals surface area contributed by atoms with Gasteiger partial charge in [0.25, 0.3) is 5.91 Å². The molecule has 1 N–H and O–H groups in total. The van der Waals surface area contributed by atoms with E-state index >= 15 is 0 Å². The lowest BCUT2D eigenvalue weighted by atomic mass is 10.2. The number of carbonyl (C=O) groups is 1. The van der Waals surface area contributed by atoms with E-state index in [0.29, 0.717) is 23.0 Å². The number of amides is 1. The second-order valence-corrected chi connectivity index (χ2v) is 6.21. The van der Waals surface area contributed by atoms with Crippen LogP contribution in [-0.4, -0.2) is 16.0 Å². The molecule has 0 aliphatic heterocycles. The molecule has 0 fully saturated rings. The van der Waals surface area contributed by atoms with Crippen molar-refractivity contribution in [3.63, 3.8) is 0 Å². The minimum Gasteiger partial charge on any atom is -0.338 e. The summed E-state index contributed by atoms with van der Waals surface area (Å²) in [7, 11) is 0. The van der Waals surface area contributed by atoms with Crippen molar-refractivity contribution in [2.75, 3.05) is 5.32 Å². The van der Waals surface area contributed by atoms with Crippen molar-refractivity contribution < 1.29 is 18.1 Å². The van der Waals surface area contributed by atoms with Crippen LogP contribution < -0.4 is 5.32 Å². The van der Waals surface area contributed by atoms with Crippen molar-refractivity contribution in [2.24, 2.45) is 0 Å². The zero-order valence-electron chi connectivity index (χ0n) is 13.1. The van der Waals surface area contributed by atoms with Crippen LogP contribution >= 0.6 is 11.8 Å². The summed E-state index contributed by atoms with van der Waals surface area (Å²) in [5.41, 5.74) is 0.440. The van der Waals surface area contributed by atoms with Crippen LogP contribution in [-0.2, 0) is 5.75 Å². The third-order valence-electron chi connectivity index (χ3n) is 3.17. The van der Waals surface area contributed by atoms with Gasteiger partial charge in [0.05, 0.1) is 5.75 Å². The van der Waals surface area contributed by atoms with Gasteiger partial charge in [-0.25, -0.2) is 8.78 Å². The van der Waals surface area contributed by atoms with E-state index in [9.17, 15) is 13.6 Å². The molecule has 1 heterocycles. The Morgan fingerprint density at radius 3 is 2.44 bits per heavy atom. The Kier molecular flexibility index (Phi) is 5.08. The second-order valence-electron chi connectivity index (χ2n) is 5.16. The molecule has 1 amide bonds. The number of nitrogens with one attached hydrogen (secondary N) is 1. The van der Waals surface area contributed by atoms with Gasteiger partial charge >= 0.3 is 0 Å². The molecule has 3 rings (SSSR count). The smallest absolute Gasteiger partial charge is 0.255 e. The molecule has 0 spiro atoms. The van der Waals surface area contributed by atoms with Gasteiger partial charge in [-0.15, -0.1) is 11.8 Å². The molecule has 0 atom stereocenters. The molecule has 0 radical (unpaired) electrons. The number of benzene rings is 2. The number of halogens is 2. The van der Waals surface area contributed by atoms with Crippen LogP contribution in [0.15, 0.2) is 51.9 Å². The summed E-state index contributed by atoms with van der Waals surface area (Å²) in [5, 5.41) is 6.17. The third kappa shape index (κ3) is 4.63. The molecule has 1 aromatic heterocycles. The maximum Gasteiger partial charge on any atom is 0.255 e. The lowest BCUT2D eigenvalue weighted by Gasteiger charge is -2.06. The molecule has 0 bridgehead atoms. The van der Waals surface area contributed by atoms with E-state index in [1.165, 1.54) is 11.8 Å². The molecule has 3 aromatic rings. The largest absolute Gasteiger partial charge is 0.338 e. The van der Waals surface area contributed by atoms with Crippen molar-refractivity contribution in [1.29, 1.82) is 0 Å². The summed E-state index contributed by atoms with van der Waals surface area (Å²) in [6.07, 6.45) is 0. The highest BCUT2D eigenvalue weighted by molar-refractivity contribution is 7.98. The fourth-order valence-electron chi connectivity index (χ4n) is 2.08. The van der Waals surface area contributed by atoms with Gasteiger partial charge in [0.1, 0.15) is 11.6 Å². The topological polar surface area (TPSA) is 68.0 Å². The Bertz CT molecular complexity index is 877. The summed E-state index contributed by atoms with van der Waals surface area (Å²) in [4.78, 5) is 17.2. The number of aryl methyl sites for hydroxylation is 1. The fraction of sp³-hybridized carbons (Fsp3) is 0.118. The SMILES string of the molecule is Cc1noc(CSc2ccc(C(=O)Nc3cc(F)cc(F)c3)cc2)n1. The minimum atomic E-state index is -0.752. The van der Waals surface area contributed by atoms with Gasteiger partial charge in [-0.3, -0.25) is 4.79 Å². The molecular formula is C17H13F2N3O2S. The van der Waals surface area contributed by atoms with E-state index in [0.717, 1.165) is 23.1 Å². The van der Waals surface area contributed by atoms with E-state index in [1.807, 2.05) is 0 Å². The molecule has 8 heteroatoms. The predicted molar refractivity (Wildman–Crippen MR) is 89.3 cm³/mol. The maximum absolute atomic E-state index is 13.1. The summed E-state index contributed by atoms with van der Waals surface area (Å²) in [6.45, 7) is 1.75. The molecule has 0 unspecified atom stereocenters. The summed E-state index contributed by atoms with van der Waals surface area (Å²) in [5.74, 6) is -0.325. The first-order valence-corrected chi connectivity index (χ1v) is 8.27. The Hall–Kier alpha value is -2.74. The standard InChI is InChI=1S/C17H13F2N3O2S/c1-10-20-16(24-22-10)9-25-15-4-2-11(3-5-15)17(23)21-14-7-12(18)6-13(19)8-14/h2-8H,9H2,1H3,(H,21,23). The van der Waals surface area contributed by atoms with Crippen LogP contribution in [0.2, 0.25) is 0 Å². The molecular weight excluding hydrogens is 348 g/mol. The van der Waals surface area contributed by atoms with Gasteiger partial charge in [0.2, 0.25) is 5.89 Å². The number of aromatic nitrogens is 2. The van der Waals surface area contributed by atoms with Gasteiger partial charge in [-0.05, 0) is 43.3 Å². The van der Waals surface area contributed by atoms with Crippen molar-refractivity contribution in [1.82, 2.24) is 10.1 Å². The number of nitrogens with zero attached hydrogens (tertiary/aromatic N) is 2. The first-order valence-electron chi connectivity index (χ1n) is 7.29. The monoisotopic (exact) mass is 361 g/mol. The van der Waals surface area contributed by atoms with Crippen molar-refractivity contribution in [2.45, 2.75) is 17.6 Å². The zero-order chi connectivity index (χ0) is 17.8. The highest BCUT2D eigenvalue weighted by atomic mass is 32.2. The quantitative estimate of drug-likeness (QED) is 0.690. The van der Waals surface area contributed by atoms with Crippen molar-refractivity contribution in [3.05, 3.63) is 71.4 Å². The van der Waals surface area contributed by atoms with E-state index in [-0.39, 0.29) is 5.69 Å². The predicted octanol–water partition coefficient (Wildman–Crippen LogP) is 4.20. The van der Waals surface area contributed by atoms with Crippen LogP contribution in [0.3, 0.4) is 0 Å². The van der Waals surface area contributed by atoms with Crippen LogP contribution in [0.4, 0.5) is 14.5 Å². The highest BCUT2D eigenvalue weighted by Gasteiger charge is 2.09. The molecule has 0 saturated heterocycles. The van der Waals surface area contributed by atoms with E-state index < -0.39 is 17.5 Å².